The topological polar surface area (TPSA) is 44.7 Å². The van der Waals surface area contributed by atoms with E-state index >= 15 is 0 Å². The Morgan fingerprint density at radius 2 is 2.00 bits per heavy atom. The molecule has 1 aromatic heterocycles. The quantitative estimate of drug-likeness (QED) is 0.775. The van der Waals surface area contributed by atoms with Gasteiger partial charge in [0.05, 0.1) is 19.4 Å². The summed E-state index contributed by atoms with van der Waals surface area (Å²) in [6, 6.07) is 0. The third kappa shape index (κ3) is 4.50. The largest absolute Gasteiger partial charge is 0.379 e. The molecule has 7 heteroatoms. The third-order valence-corrected chi connectivity index (χ3v) is 3.55. The first-order valence-corrected chi connectivity index (χ1v) is 7.29. The van der Waals surface area contributed by atoms with Gasteiger partial charge in [0, 0.05) is 47.3 Å². The van der Waals surface area contributed by atoms with Crippen LogP contribution in [0.25, 0.3) is 0 Å². The highest BCUT2D eigenvalue weighted by molar-refractivity contribution is 5.43. The molecule has 0 saturated carbocycles. The van der Waals surface area contributed by atoms with Crippen molar-refractivity contribution in [3.63, 3.8) is 0 Å². The number of halogens is 1. The standard InChI is InChI=1S/C14H24FN5O/c1-18(2)13-12(15)11-16-14(17-13)19(3)5-4-6-20-7-9-21-10-8-20/h11H,4-10H2,1-3H3. The molecule has 0 aliphatic carbocycles. The van der Waals surface area contributed by atoms with Gasteiger partial charge >= 0.3 is 0 Å². The van der Waals surface area contributed by atoms with Crippen LogP contribution in [-0.4, -0.2) is 75.4 Å². The Hall–Kier alpha value is -1.47. The highest BCUT2D eigenvalue weighted by Gasteiger charge is 2.13. The molecule has 0 aromatic carbocycles. The third-order valence-electron chi connectivity index (χ3n) is 3.55. The Balaban J connectivity index is 1.85. The summed E-state index contributed by atoms with van der Waals surface area (Å²) in [7, 11) is 5.48. The minimum Gasteiger partial charge on any atom is -0.379 e. The van der Waals surface area contributed by atoms with Crippen molar-refractivity contribution in [3.8, 4) is 0 Å². The zero-order valence-electron chi connectivity index (χ0n) is 13.0. The fourth-order valence-electron chi connectivity index (χ4n) is 2.30. The minimum atomic E-state index is -0.398. The molecule has 0 bridgehead atoms. The summed E-state index contributed by atoms with van der Waals surface area (Å²) in [5, 5.41) is 0. The first kappa shape index (κ1) is 15.9. The van der Waals surface area contributed by atoms with Crippen molar-refractivity contribution in [1.29, 1.82) is 0 Å². The average Bonchev–Trinajstić information content (AvgIpc) is 2.48. The summed E-state index contributed by atoms with van der Waals surface area (Å²) in [5.41, 5.74) is 0. The van der Waals surface area contributed by atoms with E-state index in [1.807, 2.05) is 11.9 Å². The minimum absolute atomic E-state index is 0.319. The van der Waals surface area contributed by atoms with Crippen LogP contribution >= 0.6 is 0 Å². The molecule has 1 aliphatic rings. The Bertz CT molecular complexity index is 451. The molecular formula is C14H24FN5O. The lowest BCUT2D eigenvalue weighted by atomic mass is 10.3. The second kappa shape index (κ2) is 7.51. The summed E-state index contributed by atoms with van der Waals surface area (Å²) < 4.78 is 18.9. The number of ether oxygens (including phenoxy) is 1. The van der Waals surface area contributed by atoms with Crippen LogP contribution in [-0.2, 0) is 4.74 Å². The van der Waals surface area contributed by atoms with Crippen molar-refractivity contribution < 1.29 is 9.13 Å². The lowest BCUT2D eigenvalue weighted by Crippen LogP contribution is -2.38. The summed E-state index contributed by atoms with van der Waals surface area (Å²) in [4.78, 5) is 14.4. The monoisotopic (exact) mass is 297 g/mol. The van der Waals surface area contributed by atoms with Crippen LogP contribution in [0.5, 0.6) is 0 Å². The number of rotatable bonds is 6. The molecule has 2 heterocycles. The van der Waals surface area contributed by atoms with Crippen LogP contribution in [0, 0.1) is 5.82 Å². The van der Waals surface area contributed by atoms with Gasteiger partial charge < -0.3 is 14.5 Å². The first-order chi connectivity index (χ1) is 10.1. The number of aromatic nitrogens is 2. The molecule has 0 spiro atoms. The van der Waals surface area contributed by atoms with E-state index in [4.69, 9.17) is 4.74 Å². The van der Waals surface area contributed by atoms with Gasteiger partial charge in [-0.25, -0.2) is 9.37 Å². The second-order valence-electron chi connectivity index (χ2n) is 5.47. The predicted octanol–water partition coefficient (Wildman–Crippen LogP) is 0.840. The van der Waals surface area contributed by atoms with Crippen molar-refractivity contribution in [3.05, 3.63) is 12.0 Å². The smallest absolute Gasteiger partial charge is 0.227 e. The summed E-state index contributed by atoms with van der Waals surface area (Å²) in [6.45, 7) is 5.53. The molecule has 1 aromatic rings. The molecule has 21 heavy (non-hydrogen) atoms. The van der Waals surface area contributed by atoms with Gasteiger partial charge in [-0.1, -0.05) is 0 Å². The maximum atomic E-state index is 13.6. The van der Waals surface area contributed by atoms with E-state index in [1.54, 1.807) is 19.0 Å². The summed E-state index contributed by atoms with van der Waals surface area (Å²) >= 11 is 0. The van der Waals surface area contributed by atoms with E-state index in [9.17, 15) is 4.39 Å². The van der Waals surface area contributed by atoms with Crippen LogP contribution in [0.3, 0.4) is 0 Å². The van der Waals surface area contributed by atoms with Crippen molar-refractivity contribution >= 4 is 11.8 Å². The maximum absolute atomic E-state index is 13.6. The fourth-order valence-corrected chi connectivity index (χ4v) is 2.30. The van der Waals surface area contributed by atoms with Gasteiger partial charge in [0.15, 0.2) is 11.6 Å². The van der Waals surface area contributed by atoms with Crippen molar-refractivity contribution in [2.45, 2.75) is 6.42 Å². The SMILES string of the molecule is CN(C)c1nc(N(C)CCCN2CCOCC2)ncc1F. The van der Waals surface area contributed by atoms with Crippen LogP contribution in [0.4, 0.5) is 16.2 Å². The van der Waals surface area contributed by atoms with Gasteiger partial charge in [-0.2, -0.15) is 4.98 Å². The highest BCUT2D eigenvalue weighted by Crippen LogP contribution is 2.16. The Morgan fingerprint density at radius 1 is 1.29 bits per heavy atom. The maximum Gasteiger partial charge on any atom is 0.227 e. The normalized spacial score (nSPS) is 16.0. The fraction of sp³-hybridized carbons (Fsp3) is 0.714. The number of anilines is 2. The molecule has 1 saturated heterocycles. The zero-order valence-corrected chi connectivity index (χ0v) is 13.0. The summed E-state index contributed by atoms with van der Waals surface area (Å²) in [6.07, 6.45) is 2.25. The number of morpholine rings is 1. The zero-order chi connectivity index (χ0) is 15.2. The Kier molecular flexibility index (Phi) is 5.69. The highest BCUT2D eigenvalue weighted by atomic mass is 19.1. The molecular weight excluding hydrogens is 273 g/mol. The molecule has 1 fully saturated rings. The van der Waals surface area contributed by atoms with Crippen LogP contribution < -0.4 is 9.80 Å². The number of nitrogens with zero attached hydrogens (tertiary/aromatic N) is 5. The van der Waals surface area contributed by atoms with Gasteiger partial charge in [-0.3, -0.25) is 4.90 Å². The molecule has 118 valence electrons. The van der Waals surface area contributed by atoms with Gasteiger partial charge in [0.1, 0.15) is 0 Å². The molecule has 0 N–H and O–H groups in total. The molecule has 0 atom stereocenters. The Labute approximate surface area is 125 Å². The van der Waals surface area contributed by atoms with Crippen molar-refractivity contribution in [1.82, 2.24) is 14.9 Å². The van der Waals surface area contributed by atoms with Crippen molar-refractivity contribution in [2.75, 3.05) is 70.3 Å². The molecule has 0 radical (unpaired) electrons. The van der Waals surface area contributed by atoms with Gasteiger partial charge in [0.25, 0.3) is 0 Å². The second-order valence-corrected chi connectivity index (χ2v) is 5.47. The van der Waals surface area contributed by atoms with E-state index in [2.05, 4.69) is 14.9 Å². The van der Waals surface area contributed by atoms with Crippen LogP contribution in [0.1, 0.15) is 6.42 Å². The predicted molar refractivity (Wildman–Crippen MR) is 81.5 cm³/mol. The van der Waals surface area contributed by atoms with Gasteiger partial charge in [-0.15, -0.1) is 0 Å². The number of hydrogen-bond acceptors (Lipinski definition) is 6. The molecule has 1 aliphatic heterocycles. The van der Waals surface area contributed by atoms with E-state index in [0.717, 1.165) is 45.8 Å². The lowest BCUT2D eigenvalue weighted by molar-refractivity contribution is 0.0377. The summed E-state index contributed by atoms with van der Waals surface area (Å²) in [5.74, 6) is 0.479. The van der Waals surface area contributed by atoms with E-state index in [1.165, 1.54) is 6.20 Å². The molecule has 0 unspecified atom stereocenters. The average molecular weight is 297 g/mol. The van der Waals surface area contributed by atoms with E-state index in [-0.39, 0.29) is 0 Å². The number of hydrogen-bond donors (Lipinski definition) is 0. The van der Waals surface area contributed by atoms with Crippen LogP contribution in [0.2, 0.25) is 0 Å². The Morgan fingerprint density at radius 3 is 2.67 bits per heavy atom. The van der Waals surface area contributed by atoms with Gasteiger partial charge in [-0.05, 0) is 6.42 Å². The molecule has 0 amide bonds. The van der Waals surface area contributed by atoms with Crippen molar-refractivity contribution in [2.24, 2.45) is 0 Å². The van der Waals surface area contributed by atoms with E-state index < -0.39 is 5.82 Å². The van der Waals surface area contributed by atoms with Crippen LogP contribution in [0.15, 0.2) is 6.20 Å². The molecule has 2 rings (SSSR count). The molecule has 6 nitrogen and oxygen atoms in total. The lowest BCUT2D eigenvalue weighted by Gasteiger charge is -2.27. The first-order valence-electron chi connectivity index (χ1n) is 7.29. The van der Waals surface area contributed by atoms with Gasteiger partial charge in [0.2, 0.25) is 5.95 Å². The van der Waals surface area contributed by atoms with E-state index in [0.29, 0.717) is 11.8 Å².